The number of amides is 2. The van der Waals surface area contributed by atoms with Crippen molar-refractivity contribution < 1.29 is 19.1 Å². The summed E-state index contributed by atoms with van der Waals surface area (Å²) in [7, 11) is 0. The van der Waals surface area contributed by atoms with E-state index in [-0.39, 0.29) is 18.5 Å². The van der Waals surface area contributed by atoms with E-state index in [9.17, 15) is 14.4 Å². The number of benzene rings is 1. The molecule has 1 aromatic heterocycles. The van der Waals surface area contributed by atoms with Crippen molar-refractivity contribution in [1.29, 1.82) is 0 Å². The maximum absolute atomic E-state index is 12.4. The molecule has 6 nitrogen and oxygen atoms in total. The average molecular weight is 437 g/mol. The van der Waals surface area contributed by atoms with Gasteiger partial charge in [0.25, 0.3) is 11.8 Å². The quantitative estimate of drug-likeness (QED) is 0.672. The Morgan fingerprint density at radius 3 is 2.69 bits per heavy atom. The molecule has 2 amide bonds. The number of hydrogen-bond acceptors (Lipinski definition) is 5. The number of thiophene rings is 1. The van der Waals surface area contributed by atoms with E-state index in [0.29, 0.717) is 15.8 Å². The second kappa shape index (κ2) is 9.59. The molecule has 1 heterocycles. The van der Waals surface area contributed by atoms with Crippen LogP contribution in [-0.2, 0) is 14.3 Å². The molecule has 1 fully saturated rings. The summed E-state index contributed by atoms with van der Waals surface area (Å²) < 4.78 is 6.06. The normalized spacial score (nSPS) is 20.1. The van der Waals surface area contributed by atoms with E-state index in [0.717, 1.165) is 29.3 Å². The number of halogens is 1. The second-order valence-corrected chi connectivity index (χ2v) is 8.86. The first-order chi connectivity index (χ1) is 13.9. The van der Waals surface area contributed by atoms with Gasteiger partial charge >= 0.3 is 5.97 Å². The van der Waals surface area contributed by atoms with Crippen LogP contribution in [0.25, 0.3) is 10.1 Å². The van der Waals surface area contributed by atoms with Gasteiger partial charge in [-0.1, -0.05) is 49.6 Å². The molecule has 1 aromatic carbocycles. The van der Waals surface area contributed by atoms with Crippen LogP contribution in [0, 0.1) is 5.92 Å². The Balaban J connectivity index is 1.49. The lowest BCUT2D eigenvalue weighted by Gasteiger charge is -2.30. The minimum Gasteiger partial charge on any atom is -0.451 e. The minimum atomic E-state index is -0.915. The number of nitrogens with one attached hydrogen (secondary N) is 2. The van der Waals surface area contributed by atoms with Crippen LogP contribution in [-0.4, -0.2) is 36.5 Å². The zero-order valence-corrected chi connectivity index (χ0v) is 18.1. The van der Waals surface area contributed by atoms with Crippen LogP contribution in [0.4, 0.5) is 0 Å². The molecule has 8 heteroatoms. The van der Waals surface area contributed by atoms with E-state index < -0.39 is 18.0 Å². The average Bonchev–Trinajstić information content (AvgIpc) is 3.05. The third-order valence-electron chi connectivity index (χ3n) is 5.25. The van der Waals surface area contributed by atoms with Crippen LogP contribution in [0.15, 0.2) is 24.3 Å². The molecule has 1 aliphatic carbocycles. The summed E-state index contributed by atoms with van der Waals surface area (Å²) in [5, 5.41) is 6.65. The summed E-state index contributed by atoms with van der Waals surface area (Å²) in [6.07, 6.45) is 3.39. The Labute approximate surface area is 178 Å². The highest BCUT2D eigenvalue weighted by atomic mass is 35.5. The standard InChI is InChI=1S/C21H25ClN2O4S/c1-12-7-3-5-9-15(12)24-20(26)13(2)28-17(25)11-23-21(27)19-18(22)14-8-4-6-10-16(14)29-19/h4,6,8,10,12-13,15H,3,5,7,9,11H2,1-2H3,(H,23,27)(H,24,26)/t12-,13+,15+/m1/s1. The van der Waals surface area contributed by atoms with Crippen LogP contribution in [0.3, 0.4) is 0 Å². The van der Waals surface area contributed by atoms with Gasteiger partial charge in [-0.05, 0) is 31.7 Å². The van der Waals surface area contributed by atoms with Gasteiger partial charge in [-0.3, -0.25) is 14.4 Å². The summed E-state index contributed by atoms with van der Waals surface area (Å²) >= 11 is 7.54. The lowest BCUT2D eigenvalue weighted by molar-refractivity contribution is -0.154. The predicted molar refractivity (Wildman–Crippen MR) is 114 cm³/mol. The van der Waals surface area contributed by atoms with Gasteiger partial charge in [-0.25, -0.2) is 0 Å². The monoisotopic (exact) mass is 436 g/mol. The Kier molecular flexibility index (Phi) is 7.14. The van der Waals surface area contributed by atoms with Crippen LogP contribution >= 0.6 is 22.9 Å². The zero-order valence-electron chi connectivity index (χ0n) is 16.5. The van der Waals surface area contributed by atoms with Gasteiger partial charge in [0.05, 0.1) is 5.02 Å². The number of fused-ring (bicyclic) bond motifs is 1. The van der Waals surface area contributed by atoms with Gasteiger partial charge in [0.2, 0.25) is 0 Å². The molecule has 3 atom stereocenters. The molecule has 2 aromatic rings. The van der Waals surface area contributed by atoms with Crippen LogP contribution in [0.2, 0.25) is 5.02 Å². The molecule has 2 N–H and O–H groups in total. The lowest BCUT2D eigenvalue weighted by Crippen LogP contribution is -2.46. The summed E-state index contributed by atoms with van der Waals surface area (Å²) in [6.45, 7) is 3.32. The molecule has 0 aliphatic heterocycles. The highest BCUT2D eigenvalue weighted by Crippen LogP contribution is 2.34. The van der Waals surface area contributed by atoms with E-state index in [1.807, 2.05) is 24.3 Å². The van der Waals surface area contributed by atoms with E-state index in [1.54, 1.807) is 0 Å². The SMILES string of the molecule is C[C@H](OC(=O)CNC(=O)c1sc2ccccc2c1Cl)C(=O)N[C@H]1CCCC[C@H]1C. The highest BCUT2D eigenvalue weighted by molar-refractivity contribution is 7.21. The van der Waals surface area contributed by atoms with Crippen molar-refractivity contribution in [2.45, 2.75) is 51.7 Å². The highest BCUT2D eigenvalue weighted by Gasteiger charge is 2.26. The first-order valence-electron chi connectivity index (χ1n) is 9.82. The van der Waals surface area contributed by atoms with Gasteiger partial charge in [-0.2, -0.15) is 0 Å². The molecule has 0 radical (unpaired) electrons. The summed E-state index contributed by atoms with van der Waals surface area (Å²) in [5.74, 6) is -1.01. The van der Waals surface area contributed by atoms with Gasteiger partial charge < -0.3 is 15.4 Å². The Bertz CT molecular complexity index is 913. The molecule has 1 aliphatic rings. The van der Waals surface area contributed by atoms with Crippen molar-refractivity contribution in [3.05, 3.63) is 34.2 Å². The van der Waals surface area contributed by atoms with Crippen molar-refractivity contribution in [3.8, 4) is 0 Å². The zero-order chi connectivity index (χ0) is 21.0. The van der Waals surface area contributed by atoms with Crippen molar-refractivity contribution >= 4 is 50.8 Å². The first kappa shape index (κ1) is 21.6. The number of carbonyl (C=O) groups excluding carboxylic acids is 3. The lowest BCUT2D eigenvalue weighted by atomic mass is 9.86. The van der Waals surface area contributed by atoms with Crippen molar-refractivity contribution in [1.82, 2.24) is 10.6 Å². The number of rotatable bonds is 6. The van der Waals surface area contributed by atoms with E-state index >= 15 is 0 Å². The van der Waals surface area contributed by atoms with Gasteiger partial charge in [0.15, 0.2) is 6.10 Å². The second-order valence-electron chi connectivity index (χ2n) is 7.43. The fourth-order valence-electron chi connectivity index (χ4n) is 3.52. The Hall–Kier alpha value is -2.12. The van der Waals surface area contributed by atoms with E-state index in [1.165, 1.54) is 24.7 Å². The van der Waals surface area contributed by atoms with Crippen molar-refractivity contribution in [3.63, 3.8) is 0 Å². The third-order valence-corrected chi connectivity index (χ3v) is 6.93. The molecule has 29 heavy (non-hydrogen) atoms. The molecule has 0 bridgehead atoms. The summed E-state index contributed by atoms with van der Waals surface area (Å²) in [5.41, 5.74) is 0. The van der Waals surface area contributed by atoms with Gasteiger partial charge in [-0.15, -0.1) is 11.3 Å². The molecule has 0 unspecified atom stereocenters. The van der Waals surface area contributed by atoms with Crippen LogP contribution < -0.4 is 10.6 Å². The topological polar surface area (TPSA) is 84.5 Å². The Morgan fingerprint density at radius 2 is 1.97 bits per heavy atom. The van der Waals surface area contributed by atoms with Crippen molar-refractivity contribution in [2.24, 2.45) is 5.92 Å². The number of hydrogen-bond donors (Lipinski definition) is 2. The van der Waals surface area contributed by atoms with Crippen molar-refractivity contribution in [2.75, 3.05) is 6.54 Å². The molecule has 3 rings (SSSR count). The van der Waals surface area contributed by atoms with Crippen LogP contribution in [0.1, 0.15) is 49.2 Å². The fraction of sp³-hybridized carbons (Fsp3) is 0.476. The van der Waals surface area contributed by atoms with Gasteiger partial charge in [0.1, 0.15) is 11.4 Å². The first-order valence-corrected chi connectivity index (χ1v) is 11.0. The molecule has 1 saturated carbocycles. The smallest absolute Gasteiger partial charge is 0.326 e. The fourth-order valence-corrected chi connectivity index (χ4v) is 4.95. The Morgan fingerprint density at radius 1 is 1.24 bits per heavy atom. The largest absolute Gasteiger partial charge is 0.451 e. The number of esters is 1. The maximum atomic E-state index is 12.4. The minimum absolute atomic E-state index is 0.118. The van der Waals surface area contributed by atoms with Gasteiger partial charge in [0, 0.05) is 16.1 Å². The molecule has 0 spiro atoms. The summed E-state index contributed by atoms with van der Waals surface area (Å²) in [6, 6.07) is 7.55. The maximum Gasteiger partial charge on any atom is 0.326 e. The predicted octanol–water partition coefficient (Wildman–Crippen LogP) is 3.91. The molecular weight excluding hydrogens is 412 g/mol. The number of carbonyl (C=O) groups is 3. The summed E-state index contributed by atoms with van der Waals surface area (Å²) in [4.78, 5) is 37.1. The molecular formula is C21H25ClN2O4S. The molecule has 156 valence electrons. The molecule has 0 saturated heterocycles. The number of ether oxygens (including phenoxy) is 1. The van der Waals surface area contributed by atoms with E-state index in [4.69, 9.17) is 16.3 Å². The van der Waals surface area contributed by atoms with Crippen LogP contribution in [0.5, 0.6) is 0 Å². The van der Waals surface area contributed by atoms with E-state index in [2.05, 4.69) is 17.6 Å². The third kappa shape index (κ3) is 5.28.